The number of nitrogens with one attached hydrogen (secondary N) is 1. The van der Waals surface area contributed by atoms with Gasteiger partial charge in [-0.2, -0.15) is 0 Å². The monoisotopic (exact) mass is 378 g/mol. The predicted molar refractivity (Wildman–Crippen MR) is 93.9 cm³/mol. The van der Waals surface area contributed by atoms with Crippen molar-refractivity contribution in [2.24, 2.45) is 0 Å². The van der Waals surface area contributed by atoms with Crippen LogP contribution in [-0.2, 0) is 19.6 Å². The third-order valence-electron chi connectivity index (χ3n) is 3.51. The maximum absolute atomic E-state index is 12.6. The van der Waals surface area contributed by atoms with E-state index in [4.69, 9.17) is 4.74 Å². The normalized spacial score (nSPS) is 12.3. The van der Waals surface area contributed by atoms with E-state index in [-0.39, 0.29) is 23.6 Å². The number of rotatable bonds is 8. The van der Waals surface area contributed by atoms with Crippen LogP contribution in [0.3, 0.4) is 0 Å². The smallest absolute Gasteiger partial charge is 0.307 e. The molecule has 9 heteroatoms. The zero-order valence-corrected chi connectivity index (χ0v) is 14.8. The van der Waals surface area contributed by atoms with E-state index in [9.17, 15) is 23.3 Å². The number of nitro benzene ring substituents is 1. The van der Waals surface area contributed by atoms with Crippen molar-refractivity contribution in [2.45, 2.75) is 24.3 Å². The van der Waals surface area contributed by atoms with Crippen molar-refractivity contribution in [1.82, 2.24) is 4.72 Å². The molecule has 1 atom stereocenters. The Morgan fingerprint density at radius 1 is 1.19 bits per heavy atom. The third kappa shape index (κ3) is 5.11. The molecule has 1 N–H and O–H groups in total. The number of carbonyl (C=O) groups excluding carboxylic acids is 1. The zero-order chi connectivity index (χ0) is 19.2. The van der Waals surface area contributed by atoms with Gasteiger partial charge >= 0.3 is 5.97 Å². The molecule has 26 heavy (non-hydrogen) atoms. The quantitative estimate of drug-likeness (QED) is 0.429. The molecule has 8 nitrogen and oxygen atoms in total. The first-order valence-electron chi connectivity index (χ1n) is 7.81. The zero-order valence-electron chi connectivity index (χ0n) is 14.0. The molecule has 0 heterocycles. The highest BCUT2D eigenvalue weighted by atomic mass is 32.2. The van der Waals surface area contributed by atoms with Crippen molar-refractivity contribution in [1.29, 1.82) is 0 Å². The Hall–Kier alpha value is -2.78. The van der Waals surface area contributed by atoms with Gasteiger partial charge in [-0.1, -0.05) is 36.4 Å². The number of carbonyl (C=O) groups is 1. The summed E-state index contributed by atoms with van der Waals surface area (Å²) in [6, 6.07) is 12.4. The molecule has 2 aromatic rings. The lowest BCUT2D eigenvalue weighted by atomic mass is 10.1. The van der Waals surface area contributed by atoms with Gasteiger partial charge in [0.25, 0.3) is 5.69 Å². The Morgan fingerprint density at radius 3 is 2.50 bits per heavy atom. The second kappa shape index (κ2) is 8.54. The molecule has 0 saturated carbocycles. The van der Waals surface area contributed by atoms with Crippen LogP contribution in [0.1, 0.15) is 24.9 Å². The fourth-order valence-corrected chi connectivity index (χ4v) is 3.58. The summed E-state index contributed by atoms with van der Waals surface area (Å²) < 4.78 is 32.6. The van der Waals surface area contributed by atoms with Crippen molar-refractivity contribution < 1.29 is 22.9 Å². The Morgan fingerprint density at radius 2 is 1.88 bits per heavy atom. The van der Waals surface area contributed by atoms with E-state index in [1.165, 1.54) is 18.2 Å². The highest BCUT2D eigenvalue weighted by molar-refractivity contribution is 7.89. The topological polar surface area (TPSA) is 116 Å². The molecule has 138 valence electrons. The number of nitro groups is 1. The predicted octanol–water partition coefficient (Wildman–Crippen LogP) is 2.57. The van der Waals surface area contributed by atoms with Gasteiger partial charge in [0, 0.05) is 12.1 Å². The van der Waals surface area contributed by atoms with Crippen LogP contribution < -0.4 is 4.72 Å². The fourth-order valence-electron chi connectivity index (χ4n) is 2.32. The van der Waals surface area contributed by atoms with E-state index in [2.05, 4.69) is 4.72 Å². The lowest BCUT2D eigenvalue weighted by molar-refractivity contribution is -0.385. The molecule has 0 bridgehead atoms. The maximum Gasteiger partial charge on any atom is 0.307 e. The third-order valence-corrected chi connectivity index (χ3v) is 4.98. The lowest BCUT2D eigenvalue weighted by Gasteiger charge is -2.18. The van der Waals surface area contributed by atoms with E-state index in [0.29, 0.717) is 5.56 Å². The van der Waals surface area contributed by atoms with Gasteiger partial charge in [-0.05, 0) is 18.6 Å². The van der Waals surface area contributed by atoms with Gasteiger partial charge in [-0.25, -0.2) is 13.1 Å². The molecule has 0 aromatic heterocycles. The molecule has 0 saturated heterocycles. The summed E-state index contributed by atoms with van der Waals surface area (Å²) in [6.07, 6.45) is -0.202. The number of sulfonamides is 1. The minimum absolute atomic E-state index is 0.179. The average Bonchev–Trinajstić information content (AvgIpc) is 2.62. The Kier molecular flexibility index (Phi) is 6.42. The van der Waals surface area contributed by atoms with E-state index in [0.717, 1.165) is 6.07 Å². The van der Waals surface area contributed by atoms with E-state index in [1.807, 2.05) is 0 Å². The standard InChI is InChI=1S/C17H18N2O6S/c1-2-25-17(20)12-16(13-7-4-3-5-8-13)18-26(23,24)15-10-6-9-14(11-15)19(21)22/h3-11,16,18H,2,12H2,1H3. The number of hydrogen-bond donors (Lipinski definition) is 1. The van der Waals surface area contributed by atoms with Crippen LogP contribution in [0.2, 0.25) is 0 Å². The molecular weight excluding hydrogens is 360 g/mol. The van der Waals surface area contributed by atoms with Crippen LogP contribution >= 0.6 is 0 Å². The second-order valence-electron chi connectivity index (χ2n) is 5.35. The minimum Gasteiger partial charge on any atom is -0.466 e. The van der Waals surface area contributed by atoms with Crippen molar-refractivity contribution in [3.8, 4) is 0 Å². The summed E-state index contributed by atoms with van der Waals surface area (Å²) in [5, 5.41) is 10.9. The summed E-state index contributed by atoms with van der Waals surface area (Å²) in [4.78, 5) is 21.8. The number of hydrogen-bond acceptors (Lipinski definition) is 6. The van der Waals surface area contributed by atoms with Crippen molar-refractivity contribution in [3.05, 3.63) is 70.3 Å². The van der Waals surface area contributed by atoms with Crippen LogP contribution in [0.25, 0.3) is 0 Å². The summed E-state index contributed by atoms with van der Waals surface area (Å²) in [7, 11) is -4.09. The first-order valence-corrected chi connectivity index (χ1v) is 9.29. The van der Waals surface area contributed by atoms with Gasteiger partial charge in [-0.15, -0.1) is 0 Å². The lowest BCUT2D eigenvalue weighted by Crippen LogP contribution is -2.30. The first kappa shape index (κ1) is 19.5. The molecule has 0 amide bonds. The van der Waals surface area contributed by atoms with Gasteiger partial charge in [0.15, 0.2) is 0 Å². The molecule has 0 spiro atoms. The van der Waals surface area contributed by atoms with E-state index in [1.54, 1.807) is 37.3 Å². The fraction of sp³-hybridized carbons (Fsp3) is 0.235. The summed E-state index contributed by atoms with van der Waals surface area (Å²) >= 11 is 0. The highest BCUT2D eigenvalue weighted by Crippen LogP contribution is 2.23. The highest BCUT2D eigenvalue weighted by Gasteiger charge is 2.25. The van der Waals surface area contributed by atoms with E-state index < -0.39 is 27.0 Å². The van der Waals surface area contributed by atoms with Crippen molar-refractivity contribution in [2.75, 3.05) is 6.61 Å². The van der Waals surface area contributed by atoms with Crippen LogP contribution in [0.4, 0.5) is 5.69 Å². The van der Waals surface area contributed by atoms with Crippen molar-refractivity contribution in [3.63, 3.8) is 0 Å². The van der Waals surface area contributed by atoms with Gasteiger partial charge in [0.05, 0.1) is 28.9 Å². The van der Waals surface area contributed by atoms with Crippen LogP contribution in [0.15, 0.2) is 59.5 Å². The summed E-state index contributed by atoms with van der Waals surface area (Å²) in [5.74, 6) is -0.553. The molecule has 0 aliphatic heterocycles. The van der Waals surface area contributed by atoms with Gasteiger partial charge in [-0.3, -0.25) is 14.9 Å². The Bertz CT molecular complexity index is 883. The minimum atomic E-state index is -4.09. The number of benzene rings is 2. The SMILES string of the molecule is CCOC(=O)CC(NS(=O)(=O)c1cccc([N+](=O)[O-])c1)c1ccccc1. The number of nitrogens with zero attached hydrogens (tertiary/aromatic N) is 1. The van der Waals surface area contributed by atoms with Crippen LogP contribution in [0, 0.1) is 10.1 Å². The first-order chi connectivity index (χ1) is 12.3. The molecule has 0 radical (unpaired) electrons. The molecule has 0 aliphatic carbocycles. The maximum atomic E-state index is 12.6. The second-order valence-corrected chi connectivity index (χ2v) is 7.06. The Balaban J connectivity index is 2.32. The van der Waals surface area contributed by atoms with Gasteiger partial charge < -0.3 is 4.74 Å². The summed E-state index contributed by atoms with van der Waals surface area (Å²) in [6.45, 7) is 1.83. The molecule has 0 aliphatic rings. The van der Waals surface area contributed by atoms with Crippen LogP contribution in [0.5, 0.6) is 0 Å². The molecule has 0 fully saturated rings. The molecule has 2 aromatic carbocycles. The Labute approximate surface area is 151 Å². The number of esters is 1. The number of ether oxygens (including phenoxy) is 1. The molecule has 1 unspecified atom stereocenters. The number of non-ortho nitro benzene ring substituents is 1. The van der Waals surface area contributed by atoms with Gasteiger partial charge in [0.2, 0.25) is 10.0 Å². The summed E-state index contributed by atoms with van der Waals surface area (Å²) in [5.41, 5.74) is 0.240. The molecular formula is C17H18N2O6S. The van der Waals surface area contributed by atoms with Crippen molar-refractivity contribution >= 4 is 21.7 Å². The molecule has 2 rings (SSSR count). The van der Waals surface area contributed by atoms with Crippen LogP contribution in [-0.4, -0.2) is 25.9 Å². The average molecular weight is 378 g/mol. The largest absolute Gasteiger partial charge is 0.466 e. The van der Waals surface area contributed by atoms with Gasteiger partial charge in [0.1, 0.15) is 0 Å². The van der Waals surface area contributed by atoms with E-state index >= 15 is 0 Å².